The predicted octanol–water partition coefficient (Wildman–Crippen LogP) is 7.04. The topological polar surface area (TPSA) is 340 Å². The van der Waals surface area contributed by atoms with Crippen LogP contribution in [-0.2, 0) is 73.9 Å². The van der Waals surface area contributed by atoms with E-state index >= 15 is 0 Å². The number of aromatic nitrogens is 4. The van der Waals surface area contributed by atoms with E-state index in [0.29, 0.717) is 52.6 Å². The second kappa shape index (κ2) is 27.6. The standard InChI is InChI=1S/C60H65N11O13S4/c1-5-22-62-58(78)65-40-14-10-16-44(27-40)88(81,82)70-41-15-9-13-37(26-41)50(30-51(72)73)86-24-11-23-64-87(79,80)43-20-18-39(19-21-43)66-59(85)68-48(28-42-31-61-34-63-42)54(74)69-52(35(3)4)56(76)84-60(6-2)46-29-49-53-38(25-36-12-7-8-17-47(36)67-53)32-71(49)55(75)45(46)33-83-57(60)77/h7-10,12-21,25-27,29,31,34-35,48,50,52,64,70H,5-6,11,22-24,28,30,32-33H2,1-4H3,(H,61,63)(H,69,74)(H,72,73)(H2,62,65,78)(H2,66,68,85)/t48?,50?,52-,60-/m0/s1. The van der Waals surface area contributed by atoms with Crippen LogP contribution in [0.15, 0.2) is 136 Å². The van der Waals surface area contributed by atoms with Crippen molar-refractivity contribution >= 4 is 107 Å². The van der Waals surface area contributed by atoms with E-state index < -0.39 is 84.3 Å². The monoisotopic (exact) mass is 1280 g/mol. The maximum Gasteiger partial charge on any atom is 0.355 e. The summed E-state index contributed by atoms with van der Waals surface area (Å²) in [7, 11) is -8.17. The zero-order valence-corrected chi connectivity index (χ0v) is 51.5. The number of thioether (sulfide) groups is 1. The molecule has 88 heavy (non-hydrogen) atoms. The third-order valence-electron chi connectivity index (χ3n) is 14.6. The SMILES string of the molecule is CCCNC(=O)Nc1cccc(S(=O)(=O)Nc2cccc(C(CC(=O)O)SCCCNS(=O)(=O)c3ccc(NC(=S)NC(Cc4cnc[nH]4)C(=O)N[C@H](C(=O)O[C@]4(CC)C(=O)OCc5c4cc4n(c5=O)Cc5cc6ccccc6nc5-4)C(C)C)cc3)c2)c1. The van der Waals surface area contributed by atoms with Crippen molar-refractivity contribution in [3.05, 3.63) is 160 Å². The number of carbonyl (C=O) groups is 5. The summed E-state index contributed by atoms with van der Waals surface area (Å²) in [5.41, 5.74) is 2.30. The molecule has 0 radical (unpaired) electrons. The van der Waals surface area contributed by atoms with E-state index in [0.717, 1.165) is 17.4 Å². The van der Waals surface area contributed by atoms with Crippen molar-refractivity contribution in [2.24, 2.45) is 5.92 Å². The fourth-order valence-electron chi connectivity index (χ4n) is 10.1. The molecule has 0 saturated carbocycles. The zero-order valence-electron chi connectivity index (χ0n) is 48.2. The number of aromatic amines is 1. The molecule has 3 aromatic heterocycles. The molecule has 0 spiro atoms. The summed E-state index contributed by atoms with van der Waals surface area (Å²) in [6.45, 7) is 7.27. The number of ether oxygens (including phenoxy) is 2. The van der Waals surface area contributed by atoms with Gasteiger partial charge >= 0.3 is 23.9 Å². The molecule has 24 nitrogen and oxygen atoms in total. The van der Waals surface area contributed by atoms with Gasteiger partial charge in [-0.05, 0) is 122 Å². The number of rotatable bonds is 26. The maximum atomic E-state index is 14.5. The molecule has 4 atom stereocenters. The highest BCUT2D eigenvalue weighted by Crippen LogP contribution is 2.42. The first-order valence-corrected chi connectivity index (χ1v) is 32.6. The number of pyridine rings is 2. The zero-order chi connectivity index (χ0) is 62.9. The Hall–Kier alpha value is -8.70. The molecule has 28 heteroatoms. The lowest BCUT2D eigenvalue weighted by atomic mass is 9.85. The number of hydrogen-bond acceptors (Lipinski definition) is 16. The van der Waals surface area contributed by atoms with E-state index in [1.807, 2.05) is 37.3 Å². The number of anilines is 3. The Morgan fingerprint density at radius 2 is 1.62 bits per heavy atom. The molecule has 4 aromatic carbocycles. The molecule has 7 aromatic rings. The summed E-state index contributed by atoms with van der Waals surface area (Å²) in [6.07, 6.45) is 3.57. The summed E-state index contributed by atoms with van der Waals surface area (Å²) < 4.78 is 72.1. The van der Waals surface area contributed by atoms with Gasteiger partial charge in [0.2, 0.25) is 21.5 Å². The smallest absolute Gasteiger partial charge is 0.355 e. The Morgan fingerprint density at radius 1 is 0.864 bits per heavy atom. The van der Waals surface area contributed by atoms with Crippen LogP contribution in [0.1, 0.15) is 86.6 Å². The van der Waals surface area contributed by atoms with Crippen molar-refractivity contribution in [1.82, 2.24) is 40.2 Å². The van der Waals surface area contributed by atoms with Crippen LogP contribution in [0.3, 0.4) is 0 Å². The maximum absolute atomic E-state index is 14.5. The van der Waals surface area contributed by atoms with Crippen molar-refractivity contribution in [2.75, 3.05) is 34.2 Å². The summed E-state index contributed by atoms with van der Waals surface area (Å²) in [6, 6.07) is 26.0. The van der Waals surface area contributed by atoms with E-state index in [4.69, 9.17) is 26.7 Å². The minimum atomic E-state index is -4.14. The number of carboxylic acids is 1. The van der Waals surface area contributed by atoms with Gasteiger partial charge in [-0.2, -0.15) is 11.8 Å². The van der Waals surface area contributed by atoms with E-state index in [1.54, 1.807) is 49.6 Å². The molecule has 9 rings (SSSR count). The minimum Gasteiger partial charge on any atom is -0.481 e. The van der Waals surface area contributed by atoms with Crippen LogP contribution >= 0.6 is 24.0 Å². The number of hydrogen-bond donors (Lipinski definition) is 9. The van der Waals surface area contributed by atoms with Gasteiger partial charge in [-0.15, -0.1) is 0 Å². The van der Waals surface area contributed by atoms with E-state index in [2.05, 4.69) is 46.0 Å². The van der Waals surface area contributed by atoms with Crippen molar-refractivity contribution in [3.63, 3.8) is 0 Å². The number of thiocarbonyl (C=S) groups is 1. The van der Waals surface area contributed by atoms with Gasteiger partial charge in [-0.3, -0.25) is 19.1 Å². The molecule has 0 fully saturated rings. The van der Waals surface area contributed by atoms with Crippen LogP contribution in [0, 0.1) is 5.92 Å². The summed E-state index contributed by atoms with van der Waals surface area (Å²) in [4.78, 5) is 92.8. The highest BCUT2D eigenvalue weighted by atomic mass is 32.2. The Bertz CT molecular complexity index is 4090. The lowest BCUT2D eigenvalue weighted by Crippen LogP contribution is -2.56. The number of urea groups is 1. The van der Waals surface area contributed by atoms with Crippen molar-refractivity contribution in [3.8, 4) is 11.4 Å². The number of benzene rings is 4. The summed E-state index contributed by atoms with van der Waals surface area (Å²) in [5, 5.41) is 24.0. The number of nitrogens with zero attached hydrogens (tertiary/aromatic N) is 3. The average molecular weight is 1280 g/mol. The molecular weight excluding hydrogens is 1210 g/mol. The minimum absolute atomic E-state index is 0.000756. The molecule has 0 bridgehead atoms. The molecule has 0 aliphatic carbocycles. The molecule has 9 N–H and O–H groups in total. The summed E-state index contributed by atoms with van der Waals surface area (Å²) >= 11 is 6.92. The number of sulfonamides is 2. The van der Waals surface area contributed by atoms with Gasteiger partial charge in [0.05, 0.1) is 51.6 Å². The second-order valence-electron chi connectivity index (χ2n) is 21.2. The number of H-pyrrole nitrogens is 1. The molecule has 462 valence electrons. The lowest BCUT2D eigenvalue weighted by molar-refractivity contribution is -0.191. The first-order chi connectivity index (χ1) is 42.1. The molecule has 2 aliphatic rings. The third-order valence-corrected chi connectivity index (χ3v) is 19.1. The quantitative estimate of drug-likeness (QED) is 0.0149. The lowest BCUT2D eigenvalue weighted by Gasteiger charge is -2.37. The van der Waals surface area contributed by atoms with Crippen molar-refractivity contribution < 1.29 is 55.4 Å². The normalized spacial score (nSPS) is 15.4. The van der Waals surface area contributed by atoms with E-state index in [1.165, 1.54) is 78.9 Å². The first kappa shape index (κ1) is 63.8. The highest BCUT2D eigenvalue weighted by Gasteiger charge is 2.51. The number of amides is 3. The van der Waals surface area contributed by atoms with Gasteiger partial charge in [-0.25, -0.2) is 45.9 Å². The van der Waals surface area contributed by atoms with Crippen LogP contribution in [-0.4, -0.2) is 107 Å². The Balaban J connectivity index is 0.799. The van der Waals surface area contributed by atoms with Gasteiger partial charge in [0, 0.05) is 70.2 Å². The predicted molar refractivity (Wildman–Crippen MR) is 335 cm³/mol. The molecule has 5 heterocycles. The number of aliphatic carboxylic acids is 1. The first-order valence-electron chi connectivity index (χ1n) is 28.2. The number of nitrogens with one attached hydrogen (secondary N) is 8. The number of cyclic esters (lactones) is 1. The number of fused-ring (bicyclic) bond motifs is 5. The number of imidazole rings is 1. The number of para-hydroxylation sites is 1. The van der Waals surface area contributed by atoms with Crippen LogP contribution in [0.4, 0.5) is 21.9 Å². The van der Waals surface area contributed by atoms with Crippen LogP contribution < -0.4 is 41.6 Å². The Morgan fingerprint density at radius 3 is 2.35 bits per heavy atom. The number of carboxylic acid groups (broad SMARTS) is 1. The van der Waals surface area contributed by atoms with Crippen molar-refractivity contribution in [2.45, 2.75) is 106 Å². The van der Waals surface area contributed by atoms with Gasteiger partial charge in [0.15, 0.2) is 5.11 Å². The fraction of sp³-hybridized carbons (Fsp3) is 0.317. The van der Waals surface area contributed by atoms with Crippen molar-refractivity contribution in [1.29, 1.82) is 0 Å². The van der Waals surface area contributed by atoms with E-state index in [-0.39, 0.29) is 76.4 Å². The largest absolute Gasteiger partial charge is 0.481 e. The Kier molecular flexibility index (Phi) is 20.0. The highest BCUT2D eigenvalue weighted by molar-refractivity contribution is 7.99. The van der Waals surface area contributed by atoms with Gasteiger partial charge in [0.1, 0.15) is 18.7 Å². The molecule has 2 aliphatic heterocycles. The van der Waals surface area contributed by atoms with Gasteiger partial charge in [-0.1, -0.05) is 64.1 Å². The van der Waals surface area contributed by atoms with Crippen LogP contribution in [0.5, 0.6) is 0 Å². The summed E-state index contributed by atoms with van der Waals surface area (Å²) in [5.74, 6) is -3.85. The number of carbonyl (C=O) groups excluding carboxylic acids is 4. The molecular formula is C60H65N11O13S4. The fourth-order valence-corrected chi connectivity index (χ4v) is 13.8. The van der Waals surface area contributed by atoms with E-state index in [9.17, 15) is 50.7 Å². The second-order valence-corrected chi connectivity index (χ2v) is 26.4. The third kappa shape index (κ3) is 14.8. The molecule has 2 unspecified atom stereocenters. The molecule has 0 saturated heterocycles. The van der Waals surface area contributed by atoms with Crippen LogP contribution in [0.2, 0.25) is 0 Å². The van der Waals surface area contributed by atoms with Gasteiger partial charge < -0.3 is 50.7 Å². The van der Waals surface area contributed by atoms with Crippen LogP contribution in [0.25, 0.3) is 22.3 Å². The molecule has 3 amide bonds. The van der Waals surface area contributed by atoms with Gasteiger partial charge in [0.25, 0.3) is 15.6 Å². The Labute approximate surface area is 516 Å². The average Bonchev–Trinajstić information content (AvgIpc) is 1.43. The number of esters is 2.